The Hall–Kier alpha value is -2.58. The average Bonchev–Trinajstić information content (AvgIpc) is 3.08. The molecule has 0 aromatic heterocycles. The Balaban J connectivity index is 1.55. The first-order valence-electron chi connectivity index (χ1n) is 9.64. The topological polar surface area (TPSA) is 38.8 Å². The number of thioether (sulfide) groups is 1. The summed E-state index contributed by atoms with van der Waals surface area (Å²) in [6.07, 6.45) is 1.71. The van der Waals surface area contributed by atoms with E-state index in [0.717, 1.165) is 22.9 Å². The summed E-state index contributed by atoms with van der Waals surface area (Å²) >= 11 is 18.6. The first kappa shape index (κ1) is 23.6. The van der Waals surface area contributed by atoms with Gasteiger partial charge < -0.3 is 9.47 Å². The number of methoxy groups -OCH3 is 1. The smallest absolute Gasteiger partial charge is 0.270 e. The molecular formula is C24H16Cl2FNO3S2. The van der Waals surface area contributed by atoms with Gasteiger partial charge >= 0.3 is 0 Å². The van der Waals surface area contributed by atoms with Crippen molar-refractivity contribution in [3.63, 3.8) is 0 Å². The van der Waals surface area contributed by atoms with Gasteiger partial charge in [-0.2, -0.15) is 0 Å². The molecule has 0 spiro atoms. The summed E-state index contributed by atoms with van der Waals surface area (Å²) in [6.45, 7) is 0.286. The molecule has 0 aliphatic carbocycles. The van der Waals surface area contributed by atoms with Crippen molar-refractivity contribution in [2.75, 3.05) is 12.0 Å². The number of thiocarbonyl (C=S) groups is 1. The number of benzene rings is 3. The summed E-state index contributed by atoms with van der Waals surface area (Å²) in [5.41, 5.74) is 2.00. The second-order valence-corrected chi connectivity index (χ2v) is 9.40. The van der Waals surface area contributed by atoms with Crippen LogP contribution in [0.15, 0.2) is 65.6 Å². The summed E-state index contributed by atoms with van der Waals surface area (Å²) in [5, 5.41) is 0.542. The molecule has 168 valence electrons. The summed E-state index contributed by atoms with van der Waals surface area (Å²) in [4.78, 5) is 14.7. The van der Waals surface area contributed by atoms with E-state index >= 15 is 0 Å². The molecule has 3 aromatic carbocycles. The van der Waals surface area contributed by atoms with Crippen molar-refractivity contribution in [1.82, 2.24) is 0 Å². The molecule has 1 aliphatic rings. The second-order valence-electron chi connectivity index (χ2n) is 6.91. The number of carbonyl (C=O) groups excluding carboxylic acids is 1. The van der Waals surface area contributed by atoms with Crippen molar-refractivity contribution in [2.45, 2.75) is 6.61 Å². The number of amides is 1. The molecule has 0 N–H and O–H groups in total. The normalized spacial score (nSPS) is 14.8. The zero-order valence-corrected chi connectivity index (χ0v) is 20.3. The standard InChI is InChI=1S/C24H16Cl2FNO3S2/c1-30-21-10-14(6-9-20(21)31-13-15-4-2-3-5-17(15)25)11-22-23(29)28(24(32)33-22)16-7-8-19(27)18(26)12-16/h2-12H,13H2,1H3. The number of hydrogen-bond donors (Lipinski definition) is 0. The number of nitrogens with zero attached hydrogens (tertiary/aromatic N) is 1. The van der Waals surface area contributed by atoms with E-state index in [-0.39, 0.29) is 17.5 Å². The fraction of sp³-hybridized carbons (Fsp3) is 0.0833. The third kappa shape index (κ3) is 5.17. The van der Waals surface area contributed by atoms with Gasteiger partial charge in [0, 0.05) is 10.6 Å². The van der Waals surface area contributed by atoms with Gasteiger partial charge in [0.05, 0.1) is 22.7 Å². The van der Waals surface area contributed by atoms with Gasteiger partial charge in [-0.25, -0.2) is 4.39 Å². The zero-order valence-electron chi connectivity index (χ0n) is 17.2. The Morgan fingerprint density at radius 1 is 1.06 bits per heavy atom. The van der Waals surface area contributed by atoms with Crippen molar-refractivity contribution in [3.8, 4) is 11.5 Å². The van der Waals surface area contributed by atoms with Crippen LogP contribution in [0.3, 0.4) is 0 Å². The van der Waals surface area contributed by atoms with E-state index in [9.17, 15) is 9.18 Å². The third-order valence-corrected chi connectivity index (χ3v) is 6.74. The lowest BCUT2D eigenvalue weighted by Gasteiger charge is -2.14. The van der Waals surface area contributed by atoms with Crippen molar-refractivity contribution in [2.24, 2.45) is 0 Å². The minimum atomic E-state index is -0.565. The first-order chi connectivity index (χ1) is 15.9. The van der Waals surface area contributed by atoms with Crippen molar-refractivity contribution >= 4 is 69.2 Å². The average molecular weight is 520 g/mol. The van der Waals surface area contributed by atoms with Crippen molar-refractivity contribution < 1.29 is 18.7 Å². The van der Waals surface area contributed by atoms with Gasteiger partial charge in [-0.1, -0.05) is 71.4 Å². The van der Waals surface area contributed by atoms with Crippen LogP contribution >= 0.6 is 47.2 Å². The van der Waals surface area contributed by atoms with Gasteiger partial charge in [0.25, 0.3) is 5.91 Å². The van der Waals surface area contributed by atoms with Crippen LogP contribution in [0.1, 0.15) is 11.1 Å². The van der Waals surface area contributed by atoms with Crippen LogP contribution in [-0.4, -0.2) is 17.3 Å². The molecule has 4 nitrogen and oxygen atoms in total. The first-order valence-corrected chi connectivity index (χ1v) is 11.6. The van der Waals surface area contributed by atoms with Gasteiger partial charge in [0.2, 0.25) is 0 Å². The highest BCUT2D eigenvalue weighted by atomic mass is 35.5. The van der Waals surface area contributed by atoms with E-state index in [2.05, 4.69) is 0 Å². The number of hydrogen-bond acceptors (Lipinski definition) is 5. The van der Waals surface area contributed by atoms with E-state index in [4.69, 9.17) is 44.9 Å². The van der Waals surface area contributed by atoms with E-state index in [0.29, 0.717) is 31.4 Å². The Morgan fingerprint density at radius 2 is 1.85 bits per heavy atom. The van der Waals surface area contributed by atoms with Crippen molar-refractivity contribution in [1.29, 1.82) is 0 Å². The molecule has 9 heteroatoms. The van der Waals surface area contributed by atoms with Gasteiger partial charge in [0.15, 0.2) is 15.8 Å². The number of halogens is 3. The maximum absolute atomic E-state index is 13.5. The molecule has 1 fully saturated rings. The Bertz CT molecular complexity index is 1280. The van der Waals surface area contributed by atoms with Gasteiger partial charge in [-0.05, 0) is 48.0 Å². The zero-order chi connectivity index (χ0) is 23.5. The highest BCUT2D eigenvalue weighted by Crippen LogP contribution is 2.38. The van der Waals surface area contributed by atoms with E-state index in [1.54, 1.807) is 31.4 Å². The second kappa shape index (κ2) is 10.1. The van der Waals surface area contributed by atoms with Crippen LogP contribution in [0.4, 0.5) is 10.1 Å². The molecule has 1 saturated heterocycles. The maximum atomic E-state index is 13.5. The lowest BCUT2D eigenvalue weighted by molar-refractivity contribution is -0.113. The van der Waals surface area contributed by atoms with Gasteiger partial charge in [-0.15, -0.1) is 0 Å². The third-order valence-electron chi connectivity index (χ3n) is 4.78. The fourth-order valence-electron chi connectivity index (χ4n) is 3.13. The summed E-state index contributed by atoms with van der Waals surface area (Å²) < 4.78 is 25.2. The van der Waals surface area contributed by atoms with Crippen molar-refractivity contribution in [3.05, 3.63) is 92.6 Å². The van der Waals surface area contributed by atoms with Crippen LogP contribution in [0.5, 0.6) is 11.5 Å². The van der Waals surface area contributed by atoms with Crippen LogP contribution in [0.25, 0.3) is 6.08 Å². The molecule has 4 rings (SSSR count). The molecule has 1 heterocycles. The number of ether oxygens (including phenoxy) is 2. The minimum absolute atomic E-state index is 0.0809. The molecule has 0 saturated carbocycles. The quantitative estimate of drug-likeness (QED) is 0.256. The number of carbonyl (C=O) groups is 1. The maximum Gasteiger partial charge on any atom is 0.270 e. The molecule has 3 aromatic rings. The molecule has 0 atom stereocenters. The molecular weight excluding hydrogens is 504 g/mol. The Labute approximate surface area is 209 Å². The van der Waals surface area contributed by atoms with Gasteiger partial charge in [0.1, 0.15) is 12.4 Å². The molecule has 0 radical (unpaired) electrons. The summed E-state index contributed by atoms with van der Waals surface area (Å²) in [6, 6.07) is 16.8. The predicted molar refractivity (Wildman–Crippen MR) is 136 cm³/mol. The highest BCUT2D eigenvalue weighted by molar-refractivity contribution is 8.27. The van der Waals surface area contributed by atoms with E-state index in [1.165, 1.54) is 23.1 Å². The molecule has 0 bridgehead atoms. The predicted octanol–water partition coefficient (Wildman–Crippen LogP) is 7.13. The largest absolute Gasteiger partial charge is 0.493 e. The van der Waals surface area contributed by atoms with Gasteiger partial charge in [-0.3, -0.25) is 9.69 Å². The Kier molecular flexibility index (Phi) is 7.24. The molecule has 33 heavy (non-hydrogen) atoms. The number of rotatable bonds is 6. The van der Waals surface area contributed by atoms with Crippen LogP contribution in [-0.2, 0) is 11.4 Å². The monoisotopic (exact) mass is 519 g/mol. The van der Waals surface area contributed by atoms with E-state index < -0.39 is 5.82 Å². The lowest BCUT2D eigenvalue weighted by atomic mass is 10.1. The van der Waals surface area contributed by atoms with Crippen LogP contribution in [0.2, 0.25) is 10.0 Å². The van der Waals surface area contributed by atoms with Crippen LogP contribution < -0.4 is 14.4 Å². The highest BCUT2D eigenvalue weighted by Gasteiger charge is 2.33. The fourth-order valence-corrected chi connectivity index (χ4v) is 4.79. The summed E-state index contributed by atoms with van der Waals surface area (Å²) in [7, 11) is 1.54. The SMILES string of the molecule is COc1cc(C=C2SC(=S)N(c3ccc(F)c(Cl)c3)C2=O)ccc1OCc1ccccc1Cl. The molecule has 1 amide bonds. The van der Waals surface area contributed by atoms with E-state index in [1.807, 2.05) is 24.3 Å². The number of anilines is 1. The summed E-state index contributed by atoms with van der Waals surface area (Å²) in [5.74, 6) is 0.177. The lowest BCUT2D eigenvalue weighted by Crippen LogP contribution is -2.27. The van der Waals surface area contributed by atoms with Crippen LogP contribution in [0, 0.1) is 5.82 Å². The minimum Gasteiger partial charge on any atom is -0.493 e. The molecule has 0 unspecified atom stereocenters. The molecule has 1 aliphatic heterocycles. The Morgan fingerprint density at radius 3 is 2.58 bits per heavy atom.